The molecule has 0 aromatic heterocycles. The number of nitro groups is 2. The zero-order valence-electron chi connectivity index (χ0n) is 10.6. The molecule has 0 spiro atoms. The van der Waals surface area contributed by atoms with Crippen molar-refractivity contribution in [1.82, 2.24) is 10.6 Å². The first-order valence-electron chi connectivity index (χ1n) is 5.61. The van der Waals surface area contributed by atoms with E-state index in [1.807, 2.05) is 0 Å². The topological polar surface area (TPSA) is 162 Å². The molecule has 1 heterocycles. The average Bonchev–Trinajstić information content (AvgIpc) is 2.42. The maximum Gasteiger partial charge on any atom is 0.328 e. The molecular formula is C11H6N4O7. The number of amides is 4. The van der Waals surface area contributed by atoms with Crippen LogP contribution in [-0.4, -0.2) is 27.7 Å². The molecule has 2 rings (SSSR count). The maximum atomic E-state index is 11.5. The fourth-order valence-corrected chi connectivity index (χ4v) is 1.69. The average molecular weight is 306 g/mol. The molecule has 0 bridgehead atoms. The fourth-order valence-electron chi connectivity index (χ4n) is 1.69. The van der Waals surface area contributed by atoms with Crippen LogP contribution in [0.15, 0.2) is 23.8 Å². The summed E-state index contributed by atoms with van der Waals surface area (Å²) in [7, 11) is 0. The van der Waals surface area contributed by atoms with Gasteiger partial charge in [-0.05, 0) is 12.1 Å². The van der Waals surface area contributed by atoms with Crippen molar-refractivity contribution in [3.8, 4) is 0 Å². The highest BCUT2D eigenvalue weighted by Gasteiger charge is 2.29. The molecule has 1 aromatic carbocycles. The molecule has 11 heteroatoms. The molecule has 1 aromatic rings. The summed E-state index contributed by atoms with van der Waals surface area (Å²) in [6, 6.07) is 1.71. The Morgan fingerprint density at radius 1 is 0.955 bits per heavy atom. The van der Waals surface area contributed by atoms with E-state index in [9.17, 15) is 34.6 Å². The standard InChI is InChI=1S/C11H6N4O7/c16-9-7(10(17)13-11(18)12-9)3-5-1-2-6(14(19)20)4-8(5)15(21)22/h1-4H,(H2,12,13,16,17,18). The number of urea groups is 1. The lowest BCUT2D eigenvalue weighted by atomic mass is 10.1. The van der Waals surface area contributed by atoms with Gasteiger partial charge in [0.25, 0.3) is 23.2 Å². The van der Waals surface area contributed by atoms with Crippen LogP contribution in [-0.2, 0) is 9.59 Å². The third kappa shape index (κ3) is 2.77. The number of benzene rings is 1. The van der Waals surface area contributed by atoms with Gasteiger partial charge in [0.2, 0.25) is 0 Å². The fraction of sp³-hybridized carbons (Fsp3) is 0. The van der Waals surface area contributed by atoms with Gasteiger partial charge < -0.3 is 0 Å². The van der Waals surface area contributed by atoms with E-state index in [4.69, 9.17) is 0 Å². The minimum Gasteiger partial charge on any atom is -0.273 e. The summed E-state index contributed by atoms with van der Waals surface area (Å²) in [5.41, 5.74) is -1.89. The highest BCUT2D eigenvalue weighted by molar-refractivity contribution is 6.31. The maximum absolute atomic E-state index is 11.5. The van der Waals surface area contributed by atoms with Gasteiger partial charge in [0, 0.05) is 6.07 Å². The summed E-state index contributed by atoms with van der Waals surface area (Å²) in [6.45, 7) is 0. The van der Waals surface area contributed by atoms with Gasteiger partial charge in [-0.25, -0.2) is 4.79 Å². The predicted octanol–water partition coefficient (Wildman–Crippen LogP) is 0.252. The number of carbonyl (C=O) groups is 3. The Bertz CT molecular complexity index is 746. The Kier molecular flexibility index (Phi) is 3.62. The largest absolute Gasteiger partial charge is 0.328 e. The third-order valence-corrected chi connectivity index (χ3v) is 2.66. The molecule has 11 nitrogen and oxygen atoms in total. The summed E-state index contributed by atoms with van der Waals surface area (Å²) in [6.07, 6.45) is 0.874. The van der Waals surface area contributed by atoms with Crippen molar-refractivity contribution in [3.05, 3.63) is 49.6 Å². The first-order chi connectivity index (χ1) is 10.3. The number of barbiturate groups is 1. The molecule has 1 aliphatic rings. The van der Waals surface area contributed by atoms with Crippen LogP contribution in [0.4, 0.5) is 16.2 Å². The van der Waals surface area contributed by atoms with Crippen molar-refractivity contribution < 1.29 is 24.2 Å². The summed E-state index contributed by atoms with van der Waals surface area (Å²) in [5, 5.41) is 25.2. The predicted molar refractivity (Wildman–Crippen MR) is 69.4 cm³/mol. The van der Waals surface area contributed by atoms with Crippen LogP contribution in [0.5, 0.6) is 0 Å². The van der Waals surface area contributed by atoms with Crippen molar-refractivity contribution in [2.45, 2.75) is 0 Å². The molecule has 1 aliphatic heterocycles. The molecule has 4 amide bonds. The van der Waals surface area contributed by atoms with Gasteiger partial charge in [0.15, 0.2) is 0 Å². The van der Waals surface area contributed by atoms with E-state index in [1.54, 1.807) is 10.6 Å². The Hall–Kier alpha value is -3.63. The van der Waals surface area contributed by atoms with Gasteiger partial charge in [-0.3, -0.25) is 40.5 Å². The summed E-state index contributed by atoms with van der Waals surface area (Å²) in [4.78, 5) is 53.8. The number of nitrogens with one attached hydrogen (secondary N) is 2. The minimum absolute atomic E-state index is 0.190. The number of carbonyl (C=O) groups excluding carboxylic acids is 3. The zero-order chi connectivity index (χ0) is 16.4. The van der Waals surface area contributed by atoms with Crippen LogP contribution in [0.2, 0.25) is 0 Å². The summed E-state index contributed by atoms with van der Waals surface area (Å²) >= 11 is 0. The van der Waals surface area contributed by atoms with Gasteiger partial charge in [-0.1, -0.05) is 0 Å². The molecule has 0 atom stereocenters. The van der Waals surface area contributed by atoms with E-state index >= 15 is 0 Å². The Labute approximate surface area is 120 Å². The Morgan fingerprint density at radius 3 is 2.05 bits per heavy atom. The Balaban J connectivity index is 2.53. The first-order valence-corrected chi connectivity index (χ1v) is 5.61. The highest BCUT2D eigenvalue weighted by Crippen LogP contribution is 2.26. The van der Waals surface area contributed by atoms with E-state index in [2.05, 4.69) is 0 Å². The van der Waals surface area contributed by atoms with Gasteiger partial charge >= 0.3 is 6.03 Å². The van der Waals surface area contributed by atoms with Crippen LogP contribution in [0.1, 0.15) is 5.56 Å². The number of imide groups is 2. The minimum atomic E-state index is -1.03. The normalized spacial score (nSPS) is 14.2. The summed E-state index contributed by atoms with van der Waals surface area (Å²) < 4.78 is 0. The van der Waals surface area contributed by atoms with Gasteiger partial charge in [-0.2, -0.15) is 0 Å². The molecule has 22 heavy (non-hydrogen) atoms. The molecule has 2 N–H and O–H groups in total. The second-order valence-electron chi connectivity index (χ2n) is 4.05. The zero-order valence-corrected chi connectivity index (χ0v) is 10.6. The van der Waals surface area contributed by atoms with Crippen molar-refractivity contribution in [2.24, 2.45) is 0 Å². The van der Waals surface area contributed by atoms with Crippen LogP contribution < -0.4 is 10.6 Å². The monoisotopic (exact) mass is 306 g/mol. The molecular weight excluding hydrogens is 300 g/mol. The number of nitrogens with zero attached hydrogens (tertiary/aromatic N) is 2. The summed E-state index contributed by atoms with van der Waals surface area (Å²) in [5.74, 6) is -2.05. The second-order valence-corrected chi connectivity index (χ2v) is 4.05. The van der Waals surface area contributed by atoms with E-state index in [0.717, 1.165) is 18.2 Å². The third-order valence-electron chi connectivity index (χ3n) is 2.66. The number of nitro benzene ring substituents is 2. The molecule has 112 valence electrons. The SMILES string of the molecule is O=C1NC(=O)C(=Cc2ccc([N+](=O)[O-])cc2[N+](=O)[O-])C(=O)N1. The lowest BCUT2D eigenvalue weighted by Gasteiger charge is -2.13. The van der Waals surface area contributed by atoms with Crippen molar-refractivity contribution >= 4 is 35.3 Å². The molecule has 0 aliphatic carbocycles. The van der Waals surface area contributed by atoms with Crippen LogP contribution in [0.3, 0.4) is 0 Å². The molecule has 1 saturated heterocycles. The smallest absolute Gasteiger partial charge is 0.273 e. The number of hydrogen-bond acceptors (Lipinski definition) is 7. The lowest BCUT2D eigenvalue weighted by Crippen LogP contribution is -2.51. The van der Waals surface area contributed by atoms with E-state index in [-0.39, 0.29) is 5.56 Å². The van der Waals surface area contributed by atoms with Crippen molar-refractivity contribution in [2.75, 3.05) is 0 Å². The molecule has 0 radical (unpaired) electrons. The van der Waals surface area contributed by atoms with Crippen LogP contribution >= 0.6 is 0 Å². The quantitative estimate of drug-likeness (QED) is 0.350. The van der Waals surface area contributed by atoms with Crippen molar-refractivity contribution in [3.63, 3.8) is 0 Å². The molecule has 0 saturated carbocycles. The molecule has 0 unspecified atom stereocenters. The number of non-ortho nitro benzene ring substituents is 1. The lowest BCUT2D eigenvalue weighted by molar-refractivity contribution is -0.394. The van der Waals surface area contributed by atoms with Gasteiger partial charge in [0.05, 0.1) is 21.5 Å². The van der Waals surface area contributed by atoms with E-state index in [1.165, 1.54) is 0 Å². The number of rotatable bonds is 3. The van der Waals surface area contributed by atoms with Gasteiger partial charge in [0.1, 0.15) is 5.57 Å². The van der Waals surface area contributed by atoms with Crippen LogP contribution in [0.25, 0.3) is 6.08 Å². The highest BCUT2D eigenvalue weighted by atomic mass is 16.6. The van der Waals surface area contributed by atoms with E-state index in [0.29, 0.717) is 6.07 Å². The number of hydrogen-bond donors (Lipinski definition) is 2. The molecule has 1 fully saturated rings. The van der Waals surface area contributed by atoms with Crippen LogP contribution in [0, 0.1) is 20.2 Å². The van der Waals surface area contributed by atoms with Gasteiger partial charge in [-0.15, -0.1) is 0 Å². The van der Waals surface area contributed by atoms with Crippen molar-refractivity contribution in [1.29, 1.82) is 0 Å². The second kappa shape index (κ2) is 5.40. The first kappa shape index (κ1) is 14.8. The Morgan fingerprint density at radius 2 is 1.55 bits per heavy atom. The van der Waals surface area contributed by atoms with E-state index < -0.39 is 44.6 Å².